The van der Waals surface area contributed by atoms with Crippen LogP contribution in [0.3, 0.4) is 0 Å². The highest BCUT2D eigenvalue weighted by molar-refractivity contribution is 7.90. The Morgan fingerprint density at radius 2 is 1.67 bits per heavy atom. The summed E-state index contributed by atoms with van der Waals surface area (Å²) in [5.41, 5.74) is 5.63. The number of nitrogens with one attached hydrogen (secondary N) is 1. The second kappa shape index (κ2) is 4.39. The van der Waals surface area contributed by atoms with Crippen LogP contribution in [0.2, 0.25) is 0 Å². The third-order valence-corrected chi connectivity index (χ3v) is 5.51. The van der Waals surface area contributed by atoms with Crippen molar-refractivity contribution in [3.63, 3.8) is 0 Å². The van der Waals surface area contributed by atoms with Crippen LogP contribution in [-0.4, -0.2) is 25.8 Å². The van der Waals surface area contributed by atoms with Crippen molar-refractivity contribution in [3.8, 4) is 0 Å². The smallest absolute Gasteiger partial charge is 0.214 e. The summed E-state index contributed by atoms with van der Waals surface area (Å²) in [4.78, 5) is 0. The van der Waals surface area contributed by atoms with Gasteiger partial charge in [-0.1, -0.05) is 19.3 Å². The van der Waals surface area contributed by atoms with Crippen LogP contribution < -0.4 is 10.5 Å². The van der Waals surface area contributed by atoms with Gasteiger partial charge in [0.1, 0.15) is 0 Å². The Kier molecular flexibility index (Phi) is 3.33. The molecule has 15 heavy (non-hydrogen) atoms. The van der Waals surface area contributed by atoms with Crippen molar-refractivity contribution < 1.29 is 8.42 Å². The first-order chi connectivity index (χ1) is 7.08. The van der Waals surface area contributed by atoms with Gasteiger partial charge in [-0.25, -0.2) is 13.1 Å². The summed E-state index contributed by atoms with van der Waals surface area (Å²) in [7, 11) is -3.07. The van der Waals surface area contributed by atoms with Crippen LogP contribution in [0.25, 0.3) is 0 Å². The molecule has 2 rings (SSSR count). The third kappa shape index (κ3) is 2.71. The summed E-state index contributed by atoms with van der Waals surface area (Å²) in [6.07, 6.45) is 6.53. The van der Waals surface area contributed by atoms with E-state index in [9.17, 15) is 8.42 Å². The van der Waals surface area contributed by atoms with Crippen LogP contribution in [0.5, 0.6) is 0 Å². The maximum Gasteiger partial charge on any atom is 0.214 e. The Hall–Kier alpha value is -0.130. The van der Waals surface area contributed by atoms with E-state index >= 15 is 0 Å². The Morgan fingerprint density at radius 1 is 1.07 bits per heavy atom. The Labute approximate surface area is 91.7 Å². The van der Waals surface area contributed by atoms with E-state index in [-0.39, 0.29) is 17.3 Å². The van der Waals surface area contributed by atoms with Crippen molar-refractivity contribution >= 4 is 10.0 Å². The highest BCUT2D eigenvalue weighted by Crippen LogP contribution is 2.25. The van der Waals surface area contributed by atoms with Gasteiger partial charge in [0.2, 0.25) is 10.0 Å². The van der Waals surface area contributed by atoms with Crippen molar-refractivity contribution in [3.05, 3.63) is 0 Å². The molecule has 0 bridgehead atoms. The number of rotatable bonds is 3. The summed E-state index contributed by atoms with van der Waals surface area (Å²) >= 11 is 0. The Morgan fingerprint density at radius 3 is 2.20 bits per heavy atom. The van der Waals surface area contributed by atoms with E-state index in [1.165, 1.54) is 6.42 Å². The fraction of sp³-hybridized carbons (Fsp3) is 1.00. The molecule has 0 aromatic rings. The molecule has 0 aromatic heterocycles. The van der Waals surface area contributed by atoms with E-state index in [4.69, 9.17) is 5.73 Å². The van der Waals surface area contributed by atoms with Gasteiger partial charge in [-0.3, -0.25) is 0 Å². The normalized spacial score (nSPS) is 33.7. The average Bonchev–Trinajstić information content (AvgIpc) is 2.17. The predicted octanol–water partition coefficient (Wildman–Crippen LogP) is 0.728. The maximum absolute atomic E-state index is 11.9. The SMILES string of the molecule is NC1CC(NS(=O)(=O)C2CCCCC2)C1. The number of nitrogens with two attached hydrogens (primary N) is 1. The molecule has 2 saturated carbocycles. The molecule has 0 saturated heterocycles. The molecule has 0 heterocycles. The number of sulfonamides is 1. The standard InChI is InChI=1S/C10H20N2O2S/c11-8-6-9(7-8)12-15(13,14)10-4-2-1-3-5-10/h8-10,12H,1-7,11H2. The van der Waals surface area contributed by atoms with Gasteiger partial charge in [0, 0.05) is 12.1 Å². The molecular weight excluding hydrogens is 212 g/mol. The van der Waals surface area contributed by atoms with Gasteiger partial charge in [0.15, 0.2) is 0 Å². The molecule has 3 N–H and O–H groups in total. The predicted molar refractivity (Wildman–Crippen MR) is 59.9 cm³/mol. The summed E-state index contributed by atoms with van der Waals surface area (Å²) in [5.74, 6) is 0. The molecule has 2 aliphatic carbocycles. The van der Waals surface area contributed by atoms with Gasteiger partial charge in [-0.2, -0.15) is 0 Å². The average molecular weight is 232 g/mol. The second-order valence-electron chi connectivity index (χ2n) is 4.85. The van der Waals surface area contributed by atoms with Gasteiger partial charge in [-0.05, 0) is 25.7 Å². The molecule has 2 aliphatic rings. The van der Waals surface area contributed by atoms with Crippen molar-refractivity contribution in [1.82, 2.24) is 4.72 Å². The lowest BCUT2D eigenvalue weighted by molar-refractivity contribution is 0.324. The van der Waals surface area contributed by atoms with Gasteiger partial charge in [-0.15, -0.1) is 0 Å². The first-order valence-electron chi connectivity index (χ1n) is 5.84. The first-order valence-corrected chi connectivity index (χ1v) is 7.39. The van der Waals surface area contributed by atoms with Crippen molar-refractivity contribution in [2.75, 3.05) is 0 Å². The zero-order valence-electron chi connectivity index (χ0n) is 8.98. The number of hydrogen-bond acceptors (Lipinski definition) is 3. The Balaban J connectivity index is 1.88. The van der Waals surface area contributed by atoms with Gasteiger partial charge < -0.3 is 5.73 Å². The van der Waals surface area contributed by atoms with Crippen LogP contribution in [-0.2, 0) is 10.0 Å². The second-order valence-corrected chi connectivity index (χ2v) is 6.84. The van der Waals surface area contributed by atoms with E-state index < -0.39 is 10.0 Å². The lowest BCUT2D eigenvalue weighted by atomic mass is 9.89. The first kappa shape index (κ1) is 11.4. The fourth-order valence-electron chi connectivity index (χ4n) is 2.46. The van der Waals surface area contributed by atoms with E-state index in [1.54, 1.807) is 0 Å². The highest BCUT2D eigenvalue weighted by Gasteiger charge is 2.34. The highest BCUT2D eigenvalue weighted by atomic mass is 32.2. The topological polar surface area (TPSA) is 72.2 Å². The van der Waals surface area contributed by atoms with Crippen molar-refractivity contribution in [1.29, 1.82) is 0 Å². The maximum atomic E-state index is 11.9. The van der Waals surface area contributed by atoms with E-state index in [1.807, 2.05) is 0 Å². The molecule has 88 valence electrons. The minimum Gasteiger partial charge on any atom is -0.328 e. The Bertz CT molecular complexity index is 303. The third-order valence-electron chi connectivity index (χ3n) is 3.50. The van der Waals surface area contributed by atoms with Crippen LogP contribution in [0, 0.1) is 0 Å². The van der Waals surface area contributed by atoms with Gasteiger partial charge >= 0.3 is 0 Å². The summed E-state index contributed by atoms with van der Waals surface area (Å²) in [6.45, 7) is 0. The summed E-state index contributed by atoms with van der Waals surface area (Å²) in [5, 5.41) is -0.150. The molecule has 0 radical (unpaired) electrons. The summed E-state index contributed by atoms with van der Waals surface area (Å²) < 4.78 is 26.7. The fourth-order valence-corrected chi connectivity index (χ4v) is 4.27. The van der Waals surface area contributed by atoms with Crippen LogP contribution in [0.15, 0.2) is 0 Å². The monoisotopic (exact) mass is 232 g/mol. The summed E-state index contributed by atoms with van der Waals surface area (Å²) in [6, 6.07) is 0.302. The molecule has 0 spiro atoms. The molecule has 0 aliphatic heterocycles. The van der Waals surface area contributed by atoms with Crippen LogP contribution in [0.4, 0.5) is 0 Å². The van der Waals surface area contributed by atoms with Gasteiger partial charge in [0.05, 0.1) is 5.25 Å². The van der Waals surface area contributed by atoms with E-state index in [0.29, 0.717) is 0 Å². The lowest BCUT2D eigenvalue weighted by Gasteiger charge is -2.34. The molecular formula is C10H20N2O2S. The van der Waals surface area contributed by atoms with Gasteiger partial charge in [0.25, 0.3) is 0 Å². The molecule has 0 atom stereocenters. The molecule has 4 nitrogen and oxygen atoms in total. The van der Waals surface area contributed by atoms with E-state index in [0.717, 1.165) is 38.5 Å². The quantitative estimate of drug-likeness (QED) is 0.753. The molecule has 5 heteroatoms. The lowest BCUT2D eigenvalue weighted by Crippen LogP contribution is -2.52. The molecule has 0 aromatic carbocycles. The molecule has 0 unspecified atom stereocenters. The minimum absolute atomic E-state index is 0.104. The van der Waals surface area contributed by atoms with Crippen LogP contribution in [0.1, 0.15) is 44.9 Å². The van der Waals surface area contributed by atoms with E-state index in [2.05, 4.69) is 4.72 Å². The van der Waals surface area contributed by atoms with Crippen LogP contribution >= 0.6 is 0 Å². The largest absolute Gasteiger partial charge is 0.328 e. The molecule has 0 amide bonds. The van der Waals surface area contributed by atoms with Crippen molar-refractivity contribution in [2.24, 2.45) is 5.73 Å². The molecule has 2 fully saturated rings. The number of hydrogen-bond donors (Lipinski definition) is 2. The zero-order chi connectivity index (χ0) is 10.9. The zero-order valence-corrected chi connectivity index (χ0v) is 9.80. The van der Waals surface area contributed by atoms with Crippen molar-refractivity contribution in [2.45, 2.75) is 62.3 Å². The minimum atomic E-state index is -3.07.